The van der Waals surface area contributed by atoms with Crippen molar-refractivity contribution in [3.63, 3.8) is 0 Å². The minimum Gasteiger partial charge on any atom is -0.389 e. The molecule has 0 aliphatic heterocycles. The minimum atomic E-state index is -2.87. The van der Waals surface area contributed by atoms with Crippen molar-refractivity contribution in [2.24, 2.45) is 0 Å². The summed E-state index contributed by atoms with van der Waals surface area (Å²) in [6, 6.07) is 19.7. The SMILES string of the molecule is CCCCC[C@@H](/C(C)=C/[C@@H](C)O)P(=O)(c1ccccc1)c1ccccc1. The highest BCUT2D eigenvalue weighted by atomic mass is 31.2. The van der Waals surface area contributed by atoms with E-state index in [1.165, 1.54) is 0 Å². The van der Waals surface area contributed by atoms with Gasteiger partial charge in [0.1, 0.15) is 7.14 Å². The van der Waals surface area contributed by atoms with E-state index in [9.17, 15) is 9.67 Å². The molecule has 2 rings (SSSR count). The second-order valence-electron chi connectivity index (χ2n) is 6.99. The molecular formula is C23H31O2P. The van der Waals surface area contributed by atoms with Crippen LogP contribution in [0.2, 0.25) is 0 Å². The summed E-state index contributed by atoms with van der Waals surface area (Å²) in [5, 5.41) is 11.7. The number of hydrogen-bond donors (Lipinski definition) is 1. The van der Waals surface area contributed by atoms with Crippen molar-refractivity contribution >= 4 is 17.8 Å². The summed E-state index contributed by atoms with van der Waals surface area (Å²) in [6.07, 6.45) is 5.48. The molecular weight excluding hydrogens is 339 g/mol. The van der Waals surface area contributed by atoms with E-state index in [2.05, 4.69) is 6.92 Å². The van der Waals surface area contributed by atoms with Crippen molar-refractivity contribution < 1.29 is 9.67 Å². The number of allylic oxidation sites excluding steroid dienone is 1. The predicted molar refractivity (Wildman–Crippen MR) is 113 cm³/mol. The molecule has 26 heavy (non-hydrogen) atoms. The number of hydrogen-bond acceptors (Lipinski definition) is 2. The summed E-state index contributed by atoms with van der Waals surface area (Å²) in [6.45, 7) is 5.95. The summed E-state index contributed by atoms with van der Waals surface area (Å²) in [7, 11) is -2.87. The molecule has 0 unspecified atom stereocenters. The molecule has 1 N–H and O–H groups in total. The third kappa shape index (κ3) is 4.96. The highest BCUT2D eigenvalue weighted by Crippen LogP contribution is 2.53. The fourth-order valence-electron chi connectivity index (χ4n) is 3.58. The van der Waals surface area contributed by atoms with Gasteiger partial charge in [0.2, 0.25) is 0 Å². The number of aliphatic hydroxyl groups is 1. The first-order chi connectivity index (χ1) is 12.5. The number of benzene rings is 2. The van der Waals surface area contributed by atoms with Crippen molar-refractivity contribution in [3.05, 3.63) is 72.3 Å². The lowest BCUT2D eigenvalue weighted by molar-refractivity contribution is 0.243. The molecule has 140 valence electrons. The molecule has 0 aliphatic carbocycles. The lowest BCUT2D eigenvalue weighted by Crippen LogP contribution is -2.27. The van der Waals surface area contributed by atoms with Gasteiger partial charge < -0.3 is 9.67 Å². The standard InChI is InChI=1S/C23H31O2P/c1-4-5-8-17-23(19(2)18-20(3)24)26(25,21-13-9-6-10-14-21)22-15-11-7-12-16-22/h6-7,9-16,18,20,23-24H,4-5,8,17H2,1-3H3/b19-18+/t20-,23+/m1/s1. The first-order valence-corrected chi connectivity index (χ1v) is 11.3. The van der Waals surface area contributed by atoms with E-state index in [1.807, 2.05) is 73.7 Å². The van der Waals surface area contributed by atoms with Crippen molar-refractivity contribution in [1.82, 2.24) is 0 Å². The summed E-state index contributed by atoms with van der Waals surface area (Å²) in [5.74, 6) is 0. The van der Waals surface area contributed by atoms with Gasteiger partial charge >= 0.3 is 0 Å². The molecule has 0 amide bonds. The van der Waals surface area contributed by atoms with Gasteiger partial charge in [-0.1, -0.05) is 98.5 Å². The molecule has 0 aromatic heterocycles. The maximum Gasteiger partial charge on any atom is 0.150 e. The molecule has 0 heterocycles. The normalized spacial score (nSPS) is 14.8. The smallest absolute Gasteiger partial charge is 0.150 e. The van der Waals surface area contributed by atoms with Crippen molar-refractivity contribution in [3.8, 4) is 0 Å². The number of rotatable bonds is 9. The van der Waals surface area contributed by atoms with Crippen LogP contribution in [0, 0.1) is 0 Å². The summed E-state index contributed by atoms with van der Waals surface area (Å²) in [4.78, 5) is 0. The Labute approximate surface area is 158 Å². The van der Waals surface area contributed by atoms with Crippen LogP contribution in [0.3, 0.4) is 0 Å². The van der Waals surface area contributed by atoms with E-state index in [4.69, 9.17) is 0 Å². The van der Waals surface area contributed by atoms with Gasteiger partial charge in [-0.3, -0.25) is 0 Å². The Bertz CT molecular complexity index is 692. The van der Waals surface area contributed by atoms with E-state index in [-0.39, 0.29) is 5.66 Å². The van der Waals surface area contributed by atoms with E-state index in [1.54, 1.807) is 6.92 Å². The summed E-state index contributed by atoms with van der Waals surface area (Å²) < 4.78 is 14.6. The maximum absolute atomic E-state index is 14.6. The largest absolute Gasteiger partial charge is 0.389 e. The van der Waals surface area contributed by atoms with Crippen LogP contribution >= 0.6 is 7.14 Å². The molecule has 0 bridgehead atoms. The average molecular weight is 370 g/mol. The lowest BCUT2D eigenvalue weighted by Gasteiger charge is -2.30. The van der Waals surface area contributed by atoms with Crippen LogP contribution in [0.4, 0.5) is 0 Å². The molecule has 2 atom stereocenters. The van der Waals surface area contributed by atoms with Gasteiger partial charge in [0.15, 0.2) is 0 Å². The predicted octanol–water partition coefficient (Wildman–Crippen LogP) is 5.28. The third-order valence-corrected chi connectivity index (χ3v) is 8.50. The van der Waals surface area contributed by atoms with Gasteiger partial charge in [-0.05, 0) is 20.3 Å². The number of unbranched alkanes of at least 4 members (excludes halogenated alkanes) is 2. The van der Waals surface area contributed by atoms with E-state index in [0.717, 1.165) is 41.9 Å². The van der Waals surface area contributed by atoms with Crippen molar-refractivity contribution in [1.29, 1.82) is 0 Å². The van der Waals surface area contributed by atoms with Crippen LogP contribution in [0.5, 0.6) is 0 Å². The third-order valence-electron chi connectivity index (χ3n) is 4.83. The van der Waals surface area contributed by atoms with Crippen molar-refractivity contribution in [2.75, 3.05) is 0 Å². The zero-order chi connectivity index (χ0) is 19.0. The second-order valence-corrected chi connectivity index (χ2v) is 9.96. The van der Waals surface area contributed by atoms with Crippen LogP contribution in [0.15, 0.2) is 72.3 Å². The Hall–Kier alpha value is -1.63. The van der Waals surface area contributed by atoms with Crippen LogP contribution in [-0.2, 0) is 4.57 Å². The molecule has 2 nitrogen and oxygen atoms in total. The Balaban J connectivity index is 2.60. The van der Waals surface area contributed by atoms with Gasteiger partial charge in [0.25, 0.3) is 0 Å². The second kappa shape index (κ2) is 9.90. The molecule has 0 saturated carbocycles. The quantitative estimate of drug-likeness (QED) is 0.371. The first-order valence-electron chi connectivity index (χ1n) is 9.57. The Morgan fingerprint density at radius 2 is 1.50 bits per heavy atom. The molecule has 0 fully saturated rings. The van der Waals surface area contributed by atoms with Crippen LogP contribution in [0.1, 0.15) is 46.5 Å². The van der Waals surface area contributed by atoms with Gasteiger partial charge in [-0.15, -0.1) is 0 Å². The minimum absolute atomic E-state index is 0.0894. The summed E-state index contributed by atoms with van der Waals surface area (Å²) >= 11 is 0. The molecule has 0 saturated heterocycles. The van der Waals surface area contributed by atoms with Crippen LogP contribution < -0.4 is 10.6 Å². The maximum atomic E-state index is 14.6. The fourth-order valence-corrected chi connectivity index (χ4v) is 7.04. The Morgan fingerprint density at radius 1 is 1.00 bits per heavy atom. The summed E-state index contributed by atoms with van der Waals surface area (Å²) in [5.41, 5.74) is 0.931. The first kappa shape index (κ1) is 20.7. The van der Waals surface area contributed by atoms with E-state index in [0.29, 0.717) is 0 Å². The zero-order valence-corrected chi connectivity index (χ0v) is 17.0. The highest BCUT2D eigenvalue weighted by molar-refractivity contribution is 7.79. The van der Waals surface area contributed by atoms with Crippen molar-refractivity contribution in [2.45, 2.75) is 58.2 Å². The van der Waals surface area contributed by atoms with Gasteiger partial charge in [0, 0.05) is 16.3 Å². The topological polar surface area (TPSA) is 37.3 Å². The Morgan fingerprint density at radius 3 is 1.92 bits per heavy atom. The van der Waals surface area contributed by atoms with E-state index < -0.39 is 13.2 Å². The van der Waals surface area contributed by atoms with Crippen LogP contribution in [-0.4, -0.2) is 16.9 Å². The Kier molecular flexibility index (Phi) is 7.87. The van der Waals surface area contributed by atoms with Gasteiger partial charge in [-0.2, -0.15) is 0 Å². The molecule has 2 aromatic carbocycles. The average Bonchev–Trinajstić information content (AvgIpc) is 2.65. The highest BCUT2D eigenvalue weighted by Gasteiger charge is 2.37. The van der Waals surface area contributed by atoms with Gasteiger partial charge in [-0.25, -0.2) is 0 Å². The molecule has 0 radical (unpaired) electrons. The molecule has 0 aliphatic rings. The zero-order valence-electron chi connectivity index (χ0n) is 16.1. The molecule has 3 heteroatoms. The van der Waals surface area contributed by atoms with Gasteiger partial charge in [0.05, 0.1) is 6.10 Å². The van der Waals surface area contributed by atoms with Crippen LogP contribution in [0.25, 0.3) is 0 Å². The molecule has 2 aromatic rings. The number of aliphatic hydroxyl groups excluding tert-OH is 1. The lowest BCUT2D eigenvalue weighted by atomic mass is 10.1. The van der Waals surface area contributed by atoms with E-state index >= 15 is 0 Å². The monoisotopic (exact) mass is 370 g/mol. The fraction of sp³-hybridized carbons (Fsp3) is 0.391. The molecule has 0 spiro atoms.